The molecule has 2 aromatic rings. The maximum Gasteiger partial charge on any atom is 0.133 e. The molecule has 14 heavy (non-hydrogen) atoms. The summed E-state index contributed by atoms with van der Waals surface area (Å²) < 4.78 is 5.32. The first-order valence-electron chi connectivity index (χ1n) is 5.32. The summed E-state index contributed by atoms with van der Waals surface area (Å²) in [6.45, 7) is 4.49. The Labute approximate surface area is 84.7 Å². The molecule has 1 aromatic carbocycles. The summed E-state index contributed by atoms with van der Waals surface area (Å²) in [5, 5.41) is 1.22. The summed E-state index contributed by atoms with van der Waals surface area (Å²) in [6, 6.07) is 8.53. The third kappa shape index (κ3) is 1.54. The molecule has 0 atom stereocenters. The molecule has 0 saturated heterocycles. The highest BCUT2D eigenvalue weighted by molar-refractivity contribution is 5.77. The van der Waals surface area contributed by atoms with Crippen LogP contribution in [-0.2, 0) is 0 Å². The van der Waals surface area contributed by atoms with E-state index in [1.54, 1.807) is 6.26 Å². The lowest BCUT2D eigenvalue weighted by molar-refractivity contribution is 0.614. The summed E-state index contributed by atoms with van der Waals surface area (Å²) in [5.74, 6) is 0.689. The minimum absolute atomic E-state index is 0.689. The Morgan fingerprint density at radius 1 is 1.14 bits per heavy atom. The maximum absolute atomic E-state index is 5.32. The smallest absolute Gasteiger partial charge is 0.133 e. The van der Waals surface area contributed by atoms with Crippen molar-refractivity contribution in [3.05, 3.63) is 36.1 Å². The van der Waals surface area contributed by atoms with E-state index in [1.807, 2.05) is 6.07 Å². The molecule has 1 heterocycles. The van der Waals surface area contributed by atoms with Gasteiger partial charge < -0.3 is 4.42 Å². The molecule has 0 fully saturated rings. The monoisotopic (exact) mass is 188 g/mol. The van der Waals surface area contributed by atoms with Gasteiger partial charge in [0, 0.05) is 5.39 Å². The molecule has 0 aliphatic rings. The average Bonchev–Trinajstić information content (AvgIpc) is 2.66. The van der Waals surface area contributed by atoms with Gasteiger partial charge in [0.05, 0.1) is 6.26 Å². The molecular weight excluding hydrogens is 172 g/mol. The van der Waals surface area contributed by atoms with Crippen LogP contribution < -0.4 is 0 Å². The average molecular weight is 188 g/mol. The van der Waals surface area contributed by atoms with Crippen molar-refractivity contribution in [2.45, 2.75) is 32.6 Å². The second-order valence-corrected chi connectivity index (χ2v) is 3.73. The van der Waals surface area contributed by atoms with E-state index >= 15 is 0 Å². The topological polar surface area (TPSA) is 13.1 Å². The van der Waals surface area contributed by atoms with Crippen molar-refractivity contribution in [1.29, 1.82) is 0 Å². The predicted octanol–water partition coefficient (Wildman–Crippen LogP) is 4.34. The zero-order valence-corrected chi connectivity index (χ0v) is 8.79. The van der Waals surface area contributed by atoms with Crippen LogP contribution in [0.5, 0.6) is 0 Å². The van der Waals surface area contributed by atoms with E-state index in [0.29, 0.717) is 5.92 Å². The van der Waals surface area contributed by atoms with E-state index in [2.05, 4.69) is 32.0 Å². The van der Waals surface area contributed by atoms with Gasteiger partial charge in [0.1, 0.15) is 5.58 Å². The molecular formula is C13H16O. The number of rotatable bonds is 3. The highest BCUT2D eigenvalue weighted by atomic mass is 16.3. The molecule has 1 nitrogen and oxygen atoms in total. The first-order chi connectivity index (χ1) is 6.85. The SMILES string of the molecule is CCC(CC)c1ccc2occc2c1. The fourth-order valence-electron chi connectivity index (χ4n) is 2.00. The second-order valence-electron chi connectivity index (χ2n) is 3.73. The molecule has 1 heteroatoms. The quantitative estimate of drug-likeness (QED) is 0.698. The molecule has 2 rings (SSSR count). The summed E-state index contributed by atoms with van der Waals surface area (Å²) in [7, 11) is 0. The third-order valence-corrected chi connectivity index (χ3v) is 2.93. The van der Waals surface area contributed by atoms with Crippen molar-refractivity contribution in [2.75, 3.05) is 0 Å². The van der Waals surface area contributed by atoms with Crippen LogP contribution in [0.25, 0.3) is 11.0 Å². The Hall–Kier alpha value is -1.24. The van der Waals surface area contributed by atoms with Gasteiger partial charge in [-0.05, 0) is 42.5 Å². The molecule has 1 aromatic heterocycles. The largest absolute Gasteiger partial charge is 0.464 e. The lowest BCUT2D eigenvalue weighted by Gasteiger charge is -2.12. The first kappa shape index (κ1) is 9.32. The number of furan rings is 1. The Kier molecular flexibility index (Phi) is 2.58. The molecule has 0 radical (unpaired) electrons. The van der Waals surface area contributed by atoms with Gasteiger partial charge in [0.15, 0.2) is 0 Å². The molecule has 0 bridgehead atoms. The van der Waals surface area contributed by atoms with Crippen LogP contribution >= 0.6 is 0 Å². The zero-order chi connectivity index (χ0) is 9.97. The summed E-state index contributed by atoms with van der Waals surface area (Å²) in [5.41, 5.74) is 2.42. The van der Waals surface area contributed by atoms with Crippen LogP contribution in [0.1, 0.15) is 38.2 Å². The number of benzene rings is 1. The summed E-state index contributed by atoms with van der Waals surface area (Å²) in [4.78, 5) is 0. The number of hydrogen-bond acceptors (Lipinski definition) is 1. The predicted molar refractivity (Wildman–Crippen MR) is 59.5 cm³/mol. The van der Waals surface area contributed by atoms with Crippen molar-refractivity contribution in [2.24, 2.45) is 0 Å². The van der Waals surface area contributed by atoms with Crippen LogP contribution in [0, 0.1) is 0 Å². The van der Waals surface area contributed by atoms with Crippen molar-refractivity contribution in [3.8, 4) is 0 Å². The van der Waals surface area contributed by atoms with Crippen LogP contribution in [0.4, 0.5) is 0 Å². The van der Waals surface area contributed by atoms with Crippen molar-refractivity contribution < 1.29 is 4.42 Å². The number of hydrogen-bond donors (Lipinski definition) is 0. The van der Waals surface area contributed by atoms with Crippen molar-refractivity contribution in [1.82, 2.24) is 0 Å². The van der Waals surface area contributed by atoms with Crippen LogP contribution in [0.2, 0.25) is 0 Å². The Morgan fingerprint density at radius 3 is 2.64 bits per heavy atom. The van der Waals surface area contributed by atoms with Gasteiger partial charge in [-0.25, -0.2) is 0 Å². The van der Waals surface area contributed by atoms with E-state index in [1.165, 1.54) is 23.8 Å². The fourth-order valence-corrected chi connectivity index (χ4v) is 2.00. The standard InChI is InChI=1S/C13H16O/c1-3-10(4-2)11-5-6-13-12(9-11)7-8-14-13/h5-10H,3-4H2,1-2H3. The van der Waals surface area contributed by atoms with Gasteiger partial charge >= 0.3 is 0 Å². The molecule has 0 amide bonds. The lowest BCUT2D eigenvalue weighted by Crippen LogP contribution is -1.94. The molecule has 0 aliphatic heterocycles. The lowest BCUT2D eigenvalue weighted by atomic mass is 9.93. The van der Waals surface area contributed by atoms with Gasteiger partial charge in [0.2, 0.25) is 0 Å². The Bertz CT molecular complexity index is 410. The van der Waals surface area contributed by atoms with E-state index in [9.17, 15) is 0 Å². The van der Waals surface area contributed by atoms with E-state index < -0.39 is 0 Å². The van der Waals surface area contributed by atoms with Crippen LogP contribution in [0.15, 0.2) is 34.9 Å². The fraction of sp³-hybridized carbons (Fsp3) is 0.385. The summed E-state index contributed by atoms with van der Waals surface area (Å²) >= 11 is 0. The second kappa shape index (κ2) is 3.87. The molecule has 74 valence electrons. The highest BCUT2D eigenvalue weighted by Gasteiger charge is 2.07. The molecule has 0 aliphatic carbocycles. The van der Waals surface area contributed by atoms with E-state index in [-0.39, 0.29) is 0 Å². The van der Waals surface area contributed by atoms with Gasteiger partial charge in [0.25, 0.3) is 0 Å². The normalized spacial score (nSPS) is 11.4. The van der Waals surface area contributed by atoms with Gasteiger partial charge in [-0.15, -0.1) is 0 Å². The van der Waals surface area contributed by atoms with Gasteiger partial charge in [-0.1, -0.05) is 19.9 Å². The minimum Gasteiger partial charge on any atom is -0.464 e. The van der Waals surface area contributed by atoms with E-state index in [0.717, 1.165) is 5.58 Å². The minimum atomic E-state index is 0.689. The third-order valence-electron chi connectivity index (χ3n) is 2.93. The zero-order valence-electron chi connectivity index (χ0n) is 8.79. The molecule has 0 unspecified atom stereocenters. The van der Waals surface area contributed by atoms with Crippen molar-refractivity contribution >= 4 is 11.0 Å². The van der Waals surface area contributed by atoms with Gasteiger partial charge in [-0.3, -0.25) is 0 Å². The molecule has 0 spiro atoms. The Balaban J connectivity index is 2.42. The van der Waals surface area contributed by atoms with Crippen LogP contribution in [-0.4, -0.2) is 0 Å². The Morgan fingerprint density at radius 2 is 1.93 bits per heavy atom. The van der Waals surface area contributed by atoms with E-state index in [4.69, 9.17) is 4.42 Å². The van der Waals surface area contributed by atoms with Crippen LogP contribution in [0.3, 0.4) is 0 Å². The first-order valence-corrected chi connectivity index (χ1v) is 5.32. The highest BCUT2D eigenvalue weighted by Crippen LogP contribution is 2.26. The maximum atomic E-state index is 5.32. The van der Waals surface area contributed by atoms with Crippen molar-refractivity contribution in [3.63, 3.8) is 0 Å². The van der Waals surface area contributed by atoms with Gasteiger partial charge in [-0.2, -0.15) is 0 Å². The number of fused-ring (bicyclic) bond motifs is 1. The molecule has 0 N–H and O–H groups in total. The summed E-state index contributed by atoms with van der Waals surface area (Å²) in [6.07, 6.45) is 4.17. The molecule has 0 saturated carbocycles.